The van der Waals surface area contributed by atoms with Gasteiger partial charge in [0, 0.05) is 29.4 Å². The molecule has 0 aliphatic carbocycles. The molecule has 1 N–H and O–H groups in total. The highest BCUT2D eigenvalue weighted by Gasteiger charge is 2.25. The second kappa shape index (κ2) is 12.6. The van der Waals surface area contributed by atoms with Crippen molar-refractivity contribution >= 4 is 35.2 Å². The Hall–Kier alpha value is -2.05. The third-order valence-electron chi connectivity index (χ3n) is 4.60. The first-order chi connectivity index (χ1) is 14.4. The van der Waals surface area contributed by atoms with Gasteiger partial charge in [-0.2, -0.15) is 0 Å². The van der Waals surface area contributed by atoms with Gasteiger partial charge < -0.3 is 10.2 Å². The lowest BCUT2D eigenvalue weighted by Crippen LogP contribution is -2.47. The minimum Gasteiger partial charge on any atom is -0.354 e. The normalized spacial score (nSPS) is 11.7. The minimum absolute atomic E-state index is 0.0878. The molecule has 0 fully saturated rings. The number of benzene rings is 2. The van der Waals surface area contributed by atoms with E-state index in [4.69, 9.17) is 11.6 Å². The molecule has 0 aliphatic heterocycles. The number of hydrogen-bond donors (Lipinski definition) is 1. The van der Waals surface area contributed by atoms with Crippen LogP contribution in [0.5, 0.6) is 0 Å². The van der Waals surface area contributed by atoms with Crippen LogP contribution in [-0.4, -0.2) is 35.1 Å². The van der Waals surface area contributed by atoms with Crippen LogP contribution in [0, 0.1) is 5.82 Å². The molecule has 0 radical (unpaired) electrons. The maximum Gasteiger partial charge on any atom is 0.242 e. The topological polar surface area (TPSA) is 49.4 Å². The molecule has 4 nitrogen and oxygen atoms in total. The number of rotatable bonds is 11. The van der Waals surface area contributed by atoms with Crippen LogP contribution in [-0.2, 0) is 16.1 Å². The van der Waals surface area contributed by atoms with Gasteiger partial charge in [-0.15, -0.1) is 11.8 Å². The summed E-state index contributed by atoms with van der Waals surface area (Å²) >= 11 is 7.56. The van der Waals surface area contributed by atoms with Crippen molar-refractivity contribution in [1.29, 1.82) is 0 Å². The fraction of sp³-hybridized carbons (Fsp3) is 0.391. The molecule has 162 valence electrons. The van der Waals surface area contributed by atoms with Gasteiger partial charge in [-0.3, -0.25) is 9.59 Å². The number of carbonyl (C=O) groups excluding carboxylic acids is 2. The van der Waals surface area contributed by atoms with Crippen molar-refractivity contribution < 1.29 is 14.0 Å². The van der Waals surface area contributed by atoms with Crippen molar-refractivity contribution in [1.82, 2.24) is 10.2 Å². The van der Waals surface area contributed by atoms with Crippen molar-refractivity contribution in [2.45, 2.75) is 50.6 Å². The Morgan fingerprint density at radius 2 is 1.80 bits per heavy atom. The molecular weight excluding hydrogens is 423 g/mol. The summed E-state index contributed by atoms with van der Waals surface area (Å²) in [7, 11) is 0. The molecule has 2 aromatic rings. The van der Waals surface area contributed by atoms with Crippen LogP contribution in [0.2, 0.25) is 5.02 Å². The Balaban J connectivity index is 1.96. The molecule has 0 spiro atoms. The van der Waals surface area contributed by atoms with E-state index in [-0.39, 0.29) is 24.2 Å². The predicted molar refractivity (Wildman–Crippen MR) is 121 cm³/mol. The Labute approximate surface area is 187 Å². The molecule has 2 aromatic carbocycles. The Morgan fingerprint density at radius 1 is 1.13 bits per heavy atom. The Morgan fingerprint density at radius 3 is 2.43 bits per heavy atom. The molecule has 1 atom stereocenters. The fourth-order valence-corrected chi connectivity index (χ4v) is 3.83. The number of thioether (sulfide) groups is 1. The van der Waals surface area contributed by atoms with Crippen molar-refractivity contribution in [2.24, 2.45) is 0 Å². The van der Waals surface area contributed by atoms with E-state index in [1.165, 1.54) is 12.1 Å². The van der Waals surface area contributed by atoms with Gasteiger partial charge in [-0.25, -0.2) is 4.39 Å². The smallest absolute Gasteiger partial charge is 0.242 e. The van der Waals surface area contributed by atoms with Crippen LogP contribution >= 0.6 is 23.4 Å². The minimum atomic E-state index is -0.599. The van der Waals surface area contributed by atoms with Crippen LogP contribution < -0.4 is 5.32 Å². The molecule has 0 saturated heterocycles. The fourth-order valence-electron chi connectivity index (χ4n) is 2.85. The SMILES string of the molecule is CCCNC(=O)[C@H](C)N(Cc1ccc(F)cc1)C(=O)CCCSc1ccc(Cl)cc1. The molecule has 30 heavy (non-hydrogen) atoms. The lowest BCUT2D eigenvalue weighted by molar-refractivity contribution is -0.140. The monoisotopic (exact) mass is 450 g/mol. The summed E-state index contributed by atoms with van der Waals surface area (Å²) in [6.07, 6.45) is 1.86. The molecule has 2 amide bonds. The molecule has 0 aromatic heterocycles. The van der Waals surface area contributed by atoms with E-state index in [2.05, 4.69) is 5.32 Å². The maximum absolute atomic E-state index is 13.2. The van der Waals surface area contributed by atoms with Gasteiger partial charge in [0.1, 0.15) is 11.9 Å². The van der Waals surface area contributed by atoms with Gasteiger partial charge in [-0.05, 0) is 67.5 Å². The molecule has 0 unspecified atom stereocenters. The lowest BCUT2D eigenvalue weighted by atomic mass is 10.1. The standard InChI is InChI=1S/C23H28ClFN2O2S/c1-3-14-26-23(29)17(2)27(16-18-6-10-20(25)11-7-18)22(28)5-4-15-30-21-12-8-19(24)9-13-21/h6-13,17H,3-5,14-16H2,1-2H3,(H,26,29)/t17-/m0/s1. The van der Waals surface area contributed by atoms with Crippen LogP contribution in [0.3, 0.4) is 0 Å². The summed E-state index contributed by atoms with van der Waals surface area (Å²) in [6, 6.07) is 13.0. The van der Waals surface area contributed by atoms with Crippen molar-refractivity contribution in [3.63, 3.8) is 0 Å². The number of nitrogens with one attached hydrogen (secondary N) is 1. The summed E-state index contributed by atoms with van der Waals surface area (Å²) in [6.45, 7) is 4.54. The molecular formula is C23H28ClFN2O2S. The summed E-state index contributed by atoms with van der Waals surface area (Å²) < 4.78 is 13.2. The van der Waals surface area contributed by atoms with E-state index in [9.17, 15) is 14.0 Å². The zero-order valence-electron chi connectivity index (χ0n) is 17.4. The Kier molecular flexibility index (Phi) is 10.2. The van der Waals surface area contributed by atoms with Crippen molar-refractivity contribution in [3.05, 3.63) is 64.9 Å². The predicted octanol–water partition coefficient (Wildman–Crippen LogP) is 5.29. The summed E-state index contributed by atoms with van der Waals surface area (Å²) in [5.41, 5.74) is 0.787. The Bertz CT molecular complexity index is 815. The molecule has 0 bridgehead atoms. The van der Waals surface area contributed by atoms with Gasteiger partial charge in [0.25, 0.3) is 0 Å². The van der Waals surface area contributed by atoms with E-state index in [1.807, 2.05) is 31.2 Å². The van der Waals surface area contributed by atoms with E-state index in [1.54, 1.807) is 35.7 Å². The van der Waals surface area contributed by atoms with Gasteiger partial charge in [0.15, 0.2) is 0 Å². The number of hydrogen-bond acceptors (Lipinski definition) is 3. The molecule has 2 rings (SSSR count). The molecule has 7 heteroatoms. The van der Waals surface area contributed by atoms with Crippen LogP contribution in [0.1, 0.15) is 38.7 Å². The second-order valence-corrected chi connectivity index (χ2v) is 8.63. The largest absolute Gasteiger partial charge is 0.354 e. The van der Waals surface area contributed by atoms with E-state index < -0.39 is 6.04 Å². The highest BCUT2D eigenvalue weighted by molar-refractivity contribution is 7.99. The summed E-state index contributed by atoms with van der Waals surface area (Å²) in [5.74, 6) is 0.191. The number of halogens is 2. The van der Waals surface area contributed by atoms with E-state index in [0.717, 1.165) is 22.6 Å². The zero-order chi connectivity index (χ0) is 21.9. The number of amides is 2. The van der Waals surface area contributed by atoms with Crippen molar-refractivity contribution in [2.75, 3.05) is 12.3 Å². The quantitative estimate of drug-likeness (QED) is 0.373. The first-order valence-electron chi connectivity index (χ1n) is 10.1. The third-order valence-corrected chi connectivity index (χ3v) is 5.95. The number of carbonyl (C=O) groups is 2. The second-order valence-electron chi connectivity index (χ2n) is 7.02. The highest BCUT2D eigenvalue weighted by Crippen LogP contribution is 2.22. The summed E-state index contributed by atoms with van der Waals surface area (Å²) in [4.78, 5) is 28.1. The van der Waals surface area contributed by atoms with Gasteiger partial charge in [0.05, 0.1) is 0 Å². The van der Waals surface area contributed by atoms with Gasteiger partial charge >= 0.3 is 0 Å². The first kappa shape index (κ1) is 24.2. The summed E-state index contributed by atoms with van der Waals surface area (Å²) in [5, 5.41) is 3.54. The lowest BCUT2D eigenvalue weighted by Gasteiger charge is -2.29. The van der Waals surface area contributed by atoms with Gasteiger partial charge in [-0.1, -0.05) is 30.7 Å². The first-order valence-corrected chi connectivity index (χ1v) is 11.5. The van der Waals surface area contributed by atoms with E-state index in [0.29, 0.717) is 24.4 Å². The molecule has 0 heterocycles. The van der Waals surface area contributed by atoms with E-state index >= 15 is 0 Å². The van der Waals surface area contributed by atoms with Crippen LogP contribution in [0.4, 0.5) is 4.39 Å². The van der Waals surface area contributed by atoms with Gasteiger partial charge in [0.2, 0.25) is 11.8 Å². The maximum atomic E-state index is 13.2. The molecule has 0 aliphatic rings. The average Bonchev–Trinajstić information content (AvgIpc) is 2.75. The zero-order valence-corrected chi connectivity index (χ0v) is 18.9. The van der Waals surface area contributed by atoms with Crippen LogP contribution in [0.15, 0.2) is 53.4 Å². The average molecular weight is 451 g/mol. The number of nitrogens with zero attached hydrogens (tertiary/aromatic N) is 1. The molecule has 0 saturated carbocycles. The van der Waals surface area contributed by atoms with Crippen LogP contribution in [0.25, 0.3) is 0 Å². The van der Waals surface area contributed by atoms with Crippen molar-refractivity contribution in [3.8, 4) is 0 Å². The highest BCUT2D eigenvalue weighted by atomic mass is 35.5. The third kappa shape index (κ3) is 8.00.